The van der Waals surface area contributed by atoms with E-state index in [1.165, 1.54) is 7.11 Å². The zero-order valence-corrected chi connectivity index (χ0v) is 12.4. The van der Waals surface area contributed by atoms with E-state index >= 15 is 0 Å². The highest BCUT2D eigenvalue weighted by Gasteiger charge is 2.33. The van der Waals surface area contributed by atoms with Crippen LogP contribution in [0.2, 0.25) is 5.02 Å². The summed E-state index contributed by atoms with van der Waals surface area (Å²) in [5.41, 5.74) is 1.34. The molecule has 2 atom stereocenters. The summed E-state index contributed by atoms with van der Waals surface area (Å²) in [5, 5.41) is 9.78. The first-order valence-corrected chi connectivity index (χ1v) is 6.97. The van der Waals surface area contributed by atoms with Crippen LogP contribution in [0, 0.1) is 23.2 Å². The molecule has 1 aromatic carbocycles. The van der Waals surface area contributed by atoms with E-state index < -0.39 is 0 Å². The highest BCUT2D eigenvalue weighted by Crippen LogP contribution is 2.34. The normalized spacial score (nSPS) is 22.2. The number of anilines is 1. The van der Waals surface area contributed by atoms with Gasteiger partial charge in [0.15, 0.2) is 0 Å². The molecule has 0 N–H and O–H groups in total. The Hall–Kier alpha value is -1.73. The lowest BCUT2D eigenvalue weighted by molar-refractivity contribution is -0.147. The molecule has 2 rings (SSSR count). The number of piperidine rings is 1. The van der Waals surface area contributed by atoms with Gasteiger partial charge in [0, 0.05) is 13.1 Å². The fourth-order valence-electron chi connectivity index (χ4n) is 2.78. The molecule has 1 saturated heterocycles. The number of para-hydroxylation sites is 1. The van der Waals surface area contributed by atoms with Crippen LogP contribution in [0.3, 0.4) is 0 Å². The molecule has 1 aliphatic heterocycles. The van der Waals surface area contributed by atoms with Gasteiger partial charge in [0.2, 0.25) is 0 Å². The summed E-state index contributed by atoms with van der Waals surface area (Å²) in [6.07, 6.45) is 0.712. The van der Waals surface area contributed by atoms with Crippen molar-refractivity contribution in [1.82, 2.24) is 0 Å². The second kappa shape index (κ2) is 6.15. The molecule has 0 bridgehead atoms. The van der Waals surface area contributed by atoms with Crippen LogP contribution in [0.25, 0.3) is 0 Å². The van der Waals surface area contributed by atoms with Crippen molar-refractivity contribution in [3.8, 4) is 6.07 Å². The molecular weight excluding hydrogens is 276 g/mol. The monoisotopic (exact) mass is 292 g/mol. The molecule has 0 aliphatic carbocycles. The minimum Gasteiger partial charge on any atom is -0.469 e. The number of halogens is 1. The summed E-state index contributed by atoms with van der Waals surface area (Å²) in [7, 11) is 1.42. The van der Waals surface area contributed by atoms with Crippen molar-refractivity contribution in [1.29, 1.82) is 5.26 Å². The fourth-order valence-corrected chi connectivity index (χ4v) is 3.07. The number of carbonyl (C=O) groups is 1. The van der Waals surface area contributed by atoms with Gasteiger partial charge >= 0.3 is 5.97 Å². The number of hydrogen-bond acceptors (Lipinski definition) is 4. The predicted molar refractivity (Wildman–Crippen MR) is 77.7 cm³/mol. The average Bonchev–Trinajstić information content (AvgIpc) is 2.46. The summed E-state index contributed by atoms with van der Waals surface area (Å²) in [6, 6.07) is 7.50. The molecule has 0 saturated carbocycles. The maximum absolute atomic E-state index is 11.7. The van der Waals surface area contributed by atoms with E-state index in [9.17, 15) is 10.1 Å². The number of carbonyl (C=O) groups excluding carboxylic acids is 1. The standard InChI is InChI=1S/C15H17ClN2O2/c1-10-9-18(7-6-12(10)15(19)20-2)14-11(8-17)4-3-5-13(14)16/h3-5,10,12H,6-7,9H2,1-2H3. The highest BCUT2D eigenvalue weighted by molar-refractivity contribution is 6.33. The van der Waals surface area contributed by atoms with Crippen molar-refractivity contribution < 1.29 is 9.53 Å². The smallest absolute Gasteiger partial charge is 0.309 e. The van der Waals surface area contributed by atoms with Crippen LogP contribution in [0.4, 0.5) is 5.69 Å². The molecule has 0 aromatic heterocycles. The molecule has 1 aliphatic rings. The van der Waals surface area contributed by atoms with Gasteiger partial charge in [-0.2, -0.15) is 5.26 Å². The zero-order valence-electron chi connectivity index (χ0n) is 11.6. The molecule has 20 heavy (non-hydrogen) atoms. The van der Waals surface area contributed by atoms with Crippen molar-refractivity contribution in [2.24, 2.45) is 11.8 Å². The fraction of sp³-hybridized carbons (Fsp3) is 0.467. The van der Waals surface area contributed by atoms with Crippen LogP contribution in [-0.2, 0) is 9.53 Å². The molecule has 1 aromatic rings. The lowest BCUT2D eigenvalue weighted by Crippen LogP contribution is -2.42. The van der Waals surface area contributed by atoms with Gasteiger partial charge < -0.3 is 9.64 Å². The van der Waals surface area contributed by atoms with Crippen molar-refractivity contribution in [2.45, 2.75) is 13.3 Å². The lowest BCUT2D eigenvalue weighted by Gasteiger charge is -2.37. The van der Waals surface area contributed by atoms with E-state index in [4.69, 9.17) is 16.3 Å². The largest absolute Gasteiger partial charge is 0.469 e. The first-order valence-electron chi connectivity index (χ1n) is 6.60. The summed E-state index contributed by atoms with van der Waals surface area (Å²) >= 11 is 6.23. The molecule has 1 fully saturated rings. The van der Waals surface area contributed by atoms with Crippen molar-refractivity contribution in [3.63, 3.8) is 0 Å². The summed E-state index contributed by atoms with van der Waals surface area (Å²) in [5.74, 6) is -0.0693. The third-order valence-electron chi connectivity index (χ3n) is 3.83. The van der Waals surface area contributed by atoms with Gasteiger partial charge in [-0.05, 0) is 24.5 Å². The van der Waals surface area contributed by atoms with E-state index in [2.05, 4.69) is 11.0 Å². The van der Waals surface area contributed by atoms with Gasteiger partial charge in [-0.3, -0.25) is 4.79 Å². The van der Waals surface area contributed by atoms with Gasteiger partial charge in [0.05, 0.1) is 29.3 Å². The molecule has 5 heteroatoms. The van der Waals surface area contributed by atoms with Crippen molar-refractivity contribution >= 4 is 23.3 Å². The second-order valence-electron chi connectivity index (χ2n) is 5.09. The Bertz CT molecular complexity index is 553. The van der Waals surface area contributed by atoms with Gasteiger partial charge in [0.25, 0.3) is 0 Å². The Morgan fingerprint density at radius 2 is 2.30 bits per heavy atom. The third kappa shape index (κ3) is 2.73. The number of hydrogen-bond donors (Lipinski definition) is 0. The average molecular weight is 293 g/mol. The maximum atomic E-state index is 11.7. The molecule has 0 amide bonds. The van der Waals surface area contributed by atoms with Gasteiger partial charge in [-0.15, -0.1) is 0 Å². The minimum absolute atomic E-state index is 0.0794. The number of ether oxygens (including phenoxy) is 1. The number of nitriles is 1. The Kier molecular flexibility index (Phi) is 4.51. The molecule has 0 spiro atoms. The van der Waals surface area contributed by atoms with E-state index in [1.807, 2.05) is 6.92 Å². The molecule has 0 radical (unpaired) electrons. The van der Waals surface area contributed by atoms with Crippen LogP contribution in [0.15, 0.2) is 18.2 Å². The number of nitrogens with zero attached hydrogens (tertiary/aromatic N) is 2. The molecule has 4 nitrogen and oxygen atoms in total. The summed E-state index contributed by atoms with van der Waals surface area (Å²) in [4.78, 5) is 13.8. The topological polar surface area (TPSA) is 53.3 Å². The number of methoxy groups -OCH3 is 1. The van der Waals surface area contributed by atoms with Crippen LogP contribution in [-0.4, -0.2) is 26.2 Å². The first-order chi connectivity index (χ1) is 9.58. The van der Waals surface area contributed by atoms with E-state index in [-0.39, 0.29) is 17.8 Å². The Balaban J connectivity index is 2.22. The van der Waals surface area contributed by atoms with E-state index in [0.29, 0.717) is 30.1 Å². The van der Waals surface area contributed by atoms with Crippen molar-refractivity contribution in [3.05, 3.63) is 28.8 Å². The molecule has 106 valence electrons. The van der Waals surface area contributed by atoms with Crippen molar-refractivity contribution in [2.75, 3.05) is 25.1 Å². The lowest BCUT2D eigenvalue weighted by atomic mass is 9.86. The quantitative estimate of drug-likeness (QED) is 0.787. The van der Waals surface area contributed by atoms with Crippen LogP contribution in [0.1, 0.15) is 18.9 Å². The SMILES string of the molecule is COC(=O)C1CCN(c2c(Cl)cccc2C#N)CC1C. The third-order valence-corrected chi connectivity index (χ3v) is 4.14. The van der Waals surface area contributed by atoms with Gasteiger partial charge in [-0.1, -0.05) is 24.6 Å². The second-order valence-corrected chi connectivity index (χ2v) is 5.50. The van der Waals surface area contributed by atoms with Gasteiger partial charge in [-0.25, -0.2) is 0 Å². The van der Waals surface area contributed by atoms with Gasteiger partial charge in [0.1, 0.15) is 6.07 Å². The predicted octanol–water partition coefficient (Wildman–Crippen LogP) is 2.85. The number of benzene rings is 1. The molecule has 1 heterocycles. The molecule has 2 unspecified atom stereocenters. The van der Waals surface area contributed by atoms with E-state index in [0.717, 1.165) is 5.69 Å². The Morgan fingerprint density at radius 3 is 2.90 bits per heavy atom. The summed E-state index contributed by atoms with van der Waals surface area (Å²) < 4.78 is 4.83. The summed E-state index contributed by atoms with van der Waals surface area (Å²) in [6.45, 7) is 3.41. The minimum atomic E-state index is -0.156. The van der Waals surface area contributed by atoms with E-state index in [1.54, 1.807) is 18.2 Å². The molecular formula is C15H17ClN2O2. The van der Waals surface area contributed by atoms with Crippen LogP contribution >= 0.6 is 11.6 Å². The van der Waals surface area contributed by atoms with Crippen LogP contribution in [0.5, 0.6) is 0 Å². The number of rotatable bonds is 2. The maximum Gasteiger partial charge on any atom is 0.309 e. The first kappa shape index (κ1) is 14.7. The Labute approximate surface area is 123 Å². The number of esters is 1. The zero-order chi connectivity index (χ0) is 14.7. The van der Waals surface area contributed by atoms with Crippen LogP contribution < -0.4 is 4.90 Å². The Morgan fingerprint density at radius 1 is 1.55 bits per heavy atom. The highest BCUT2D eigenvalue weighted by atomic mass is 35.5.